The van der Waals surface area contributed by atoms with Gasteiger partial charge in [0.05, 0.1) is 11.7 Å². The van der Waals surface area contributed by atoms with Gasteiger partial charge in [-0.05, 0) is 59.5 Å². The van der Waals surface area contributed by atoms with Crippen LogP contribution in [-0.2, 0) is 16.7 Å². The van der Waals surface area contributed by atoms with Gasteiger partial charge in [0, 0.05) is 11.6 Å². The lowest BCUT2D eigenvalue weighted by Crippen LogP contribution is -2.23. The quantitative estimate of drug-likeness (QED) is 0.251. The summed E-state index contributed by atoms with van der Waals surface area (Å²) in [6.45, 7) is 1.02. The Balaban J connectivity index is 1.60. The van der Waals surface area contributed by atoms with Crippen LogP contribution in [0.5, 0.6) is 0 Å². The lowest BCUT2D eigenvalue weighted by atomic mass is 10.0. The second-order valence-corrected chi connectivity index (χ2v) is 8.48. The molecule has 0 aromatic heterocycles. The molecule has 0 radical (unpaired) electrons. The van der Waals surface area contributed by atoms with Crippen LogP contribution in [0, 0.1) is 0 Å². The van der Waals surface area contributed by atoms with Gasteiger partial charge in [0.1, 0.15) is 4.86 Å². The number of hydrogen-bond donors (Lipinski definition) is 3. The second-order valence-electron chi connectivity index (χ2n) is 7.17. The van der Waals surface area contributed by atoms with Gasteiger partial charge in [-0.25, -0.2) is 4.79 Å². The van der Waals surface area contributed by atoms with Crippen LogP contribution in [0.15, 0.2) is 72.8 Å². The fourth-order valence-corrected chi connectivity index (χ4v) is 4.11. The summed E-state index contributed by atoms with van der Waals surface area (Å²) in [7, 11) is -2.49. The van der Waals surface area contributed by atoms with Gasteiger partial charge in [0.25, 0.3) is 0 Å². The van der Waals surface area contributed by atoms with Crippen molar-refractivity contribution in [2.45, 2.75) is 12.5 Å². The molecule has 6 nitrogen and oxygen atoms in total. The minimum atomic E-state index is -2.49. The number of hydrogen-bond acceptors (Lipinski definition) is 5. The summed E-state index contributed by atoms with van der Waals surface area (Å²) < 4.78 is 23.6. The fourth-order valence-electron chi connectivity index (χ4n) is 3.25. The highest BCUT2D eigenvalue weighted by molar-refractivity contribution is 7.74. The Morgan fingerprint density at radius 1 is 0.938 bits per heavy atom. The first-order valence-corrected chi connectivity index (χ1v) is 11.3. The molecule has 0 aliphatic heterocycles. The molecule has 0 unspecified atom stereocenters. The molecule has 0 amide bonds. The number of carbonyl (C=O) groups is 1. The van der Waals surface area contributed by atoms with E-state index in [-0.39, 0.29) is 10.4 Å². The zero-order valence-electron chi connectivity index (χ0n) is 17.0. The van der Waals surface area contributed by atoms with E-state index in [9.17, 15) is 18.3 Å². The summed E-state index contributed by atoms with van der Waals surface area (Å²) in [5.41, 5.74) is 2.80. The third-order valence-electron chi connectivity index (χ3n) is 4.94. The molecule has 3 aromatic carbocycles. The normalized spacial score (nSPS) is 11.7. The van der Waals surface area contributed by atoms with Crippen LogP contribution in [0.2, 0.25) is 5.02 Å². The molecule has 0 aliphatic rings. The molecule has 8 heteroatoms. The van der Waals surface area contributed by atoms with E-state index in [4.69, 9.17) is 16.7 Å². The van der Waals surface area contributed by atoms with Crippen molar-refractivity contribution in [3.8, 4) is 0 Å². The average Bonchev–Trinajstić information content (AvgIpc) is 2.78. The highest BCUT2D eigenvalue weighted by Gasteiger charge is 2.11. The number of carboxylic acid groups (broad SMARTS) is 1. The number of aliphatic hydroxyl groups excluding tert-OH is 1. The molecule has 32 heavy (non-hydrogen) atoms. The summed E-state index contributed by atoms with van der Waals surface area (Å²) in [5, 5.41) is 23.0. The maximum atomic E-state index is 11.8. The number of aliphatic hydroxyl groups is 1. The number of halogens is 1. The first kappa shape index (κ1) is 23.7. The second kappa shape index (κ2) is 11.1. The smallest absolute Gasteiger partial charge is 0.335 e. The maximum absolute atomic E-state index is 11.8. The highest BCUT2D eigenvalue weighted by Crippen LogP contribution is 2.17. The Kier molecular flexibility index (Phi) is 8.19. The number of nitrogens with one attached hydrogen (secondary N) is 1. The van der Waals surface area contributed by atoms with E-state index in [1.165, 1.54) is 24.3 Å². The van der Waals surface area contributed by atoms with Gasteiger partial charge in [0.15, 0.2) is 0 Å². The molecule has 3 rings (SSSR count). The van der Waals surface area contributed by atoms with E-state index in [0.717, 1.165) is 11.1 Å². The Morgan fingerprint density at radius 3 is 2.09 bits per heavy atom. The van der Waals surface area contributed by atoms with Gasteiger partial charge >= 0.3 is 5.97 Å². The molecule has 0 bridgehead atoms. The molecule has 166 valence electrons. The largest absolute Gasteiger partial charge is 0.478 e. The molecule has 3 N–H and O–H groups in total. The van der Waals surface area contributed by atoms with Crippen LogP contribution in [0.4, 0.5) is 0 Å². The number of rotatable bonds is 9. The summed E-state index contributed by atoms with van der Waals surface area (Å²) in [5.74, 6) is -1.07. The molecule has 0 saturated heterocycles. The van der Waals surface area contributed by atoms with E-state index in [2.05, 4.69) is 5.32 Å². The summed E-state index contributed by atoms with van der Waals surface area (Å²) in [6.07, 6.45) is 0.0406. The number of carboxylic acids is 1. The van der Waals surface area contributed by atoms with E-state index in [1.54, 1.807) is 30.3 Å². The highest BCUT2D eigenvalue weighted by atomic mass is 35.5. The van der Waals surface area contributed by atoms with Crippen molar-refractivity contribution in [3.63, 3.8) is 0 Å². The minimum Gasteiger partial charge on any atom is -0.478 e. The fraction of sp³-hybridized carbons (Fsp3) is 0.167. The van der Waals surface area contributed by atoms with E-state index < -0.39 is 22.4 Å². The van der Waals surface area contributed by atoms with Crippen LogP contribution in [-0.4, -0.2) is 42.6 Å². The van der Waals surface area contributed by atoms with E-state index in [0.29, 0.717) is 35.7 Å². The summed E-state index contributed by atoms with van der Waals surface area (Å²) in [4.78, 5) is 11.1. The predicted octanol–water partition coefficient (Wildman–Crippen LogP) is 3.35. The zero-order chi connectivity index (χ0) is 23.1. The number of benzene rings is 3. The van der Waals surface area contributed by atoms with E-state index >= 15 is 0 Å². The Hall–Kier alpha value is -2.97. The topological polar surface area (TPSA) is 104 Å². The standard InChI is InChI=1S/C24H22ClNO5S/c25-21-3-1-2-20(14-21)22(27)15-26-13-12-16-4-6-17(7-5-16)23(32(30)31)18-8-10-19(11-9-18)24(28)29/h1-11,14,22,26-27H,12-13,15H2,(H,28,29)/t22-/m0/s1. The van der Waals surface area contributed by atoms with Gasteiger partial charge < -0.3 is 15.5 Å². The van der Waals surface area contributed by atoms with Crippen LogP contribution in [0.3, 0.4) is 0 Å². The van der Waals surface area contributed by atoms with Crippen molar-refractivity contribution in [2.75, 3.05) is 13.1 Å². The summed E-state index contributed by atoms with van der Waals surface area (Å²) >= 11 is 5.95. The molecule has 0 spiro atoms. The molecule has 0 aliphatic carbocycles. The Morgan fingerprint density at radius 2 is 1.53 bits per heavy atom. The predicted molar refractivity (Wildman–Crippen MR) is 125 cm³/mol. The SMILES string of the molecule is O=C(O)c1ccc(C(c2ccc(CCNC[C@H](O)c3cccc(Cl)c3)cc2)=S(=O)=O)cc1. The first-order valence-electron chi connectivity index (χ1n) is 9.88. The minimum absolute atomic E-state index is 0.0908. The summed E-state index contributed by atoms with van der Waals surface area (Å²) in [6, 6.07) is 20.0. The van der Waals surface area contributed by atoms with Crippen molar-refractivity contribution < 1.29 is 23.4 Å². The first-order chi connectivity index (χ1) is 15.3. The molecule has 0 heterocycles. The zero-order valence-corrected chi connectivity index (χ0v) is 18.6. The van der Waals surface area contributed by atoms with Crippen LogP contribution < -0.4 is 5.32 Å². The van der Waals surface area contributed by atoms with Crippen LogP contribution in [0.1, 0.15) is 38.7 Å². The molecule has 0 saturated carbocycles. The molecular weight excluding hydrogens is 450 g/mol. The molecule has 1 atom stereocenters. The lowest BCUT2D eigenvalue weighted by molar-refractivity contribution is 0.0697. The van der Waals surface area contributed by atoms with Gasteiger partial charge in [-0.3, -0.25) is 0 Å². The van der Waals surface area contributed by atoms with Crippen molar-refractivity contribution in [1.29, 1.82) is 0 Å². The Bertz CT molecular complexity index is 1210. The van der Waals surface area contributed by atoms with Crippen molar-refractivity contribution >= 4 is 32.7 Å². The molecule has 0 fully saturated rings. The van der Waals surface area contributed by atoms with Crippen molar-refractivity contribution in [3.05, 3.63) is 106 Å². The van der Waals surface area contributed by atoms with Gasteiger partial charge in [-0.1, -0.05) is 60.1 Å². The molecular formula is C24H22ClNO5S. The van der Waals surface area contributed by atoms with Gasteiger partial charge in [-0.15, -0.1) is 0 Å². The van der Waals surface area contributed by atoms with Crippen molar-refractivity contribution in [2.24, 2.45) is 0 Å². The van der Waals surface area contributed by atoms with E-state index in [1.807, 2.05) is 18.2 Å². The number of aromatic carboxylic acids is 1. The van der Waals surface area contributed by atoms with Gasteiger partial charge in [-0.2, -0.15) is 8.42 Å². The van der Waals surface area contributed by atoms with Gasteiger partial charge in [0.2, 0.25) is 10.3 Å². The van der Waals surface area contributed by atoms with Crippen LogP contribution >= 0.6 is 11.6 Å². The van der Waals surface area contributed by atoms with Crippen LogP contribution in [0.25, 0.3) is 0 Å². The van der Waals surface area contributed by atoms with Crippen molar-refractivity contribution in [1.82, 2.24) is 5.32 Å². The average molecular weight is 472 g/mol. The third-order valence-corrected chi connectivity index (χ3v) is 5.98. The Labute approximate surface area is 192 Å². The molecule has 3 aromatic rings. The monoisotopic (exact) mass is 471 g/mol. The third kappa shape index (κ3) is 6.27. The maximum Gasteiger partial charge on any atom is 0.335 e. The lowest BCUT2D eigenvalue weighted by Gasteiger charge is -2.12.